The molecule has 0 bridgehead atoms. The van der Waals surface area contributed by atoms with Crippen LogP contribution in [0.3, 0.4) is 0 Å². The summed E-state index contributed by atoms with van der Waals surface area (Å²) < 4.78 is 0. The maximum atomic E-state index is 4.53. The number of rotatable bonds is 3. The van der Waals surface area contributed by atoms with Crippen molar-refractivity contribution in [2.45, 2.75) is 45.2 Å². The zero-order chi connectivity index (χ0) is 12.3. The van der Waals surface area contributed by atoms with Crippen LogP contribution in [-0.4, -0.2) is 30.7 Å². The van der Waals surface area contributed by atoms with Crippen LogP contribution < -0.4 is 10.2 Å². The molecule has 1 saturated heterocycles. The molecule has 2 rings (SSSR count). The Bertz CT molecular complexity index is 364. The third kappa shape index (κ3) is 2.78. The number of piperidine rings is 1. The molecular formula is C14H23N3. The average Bonchev–Trinajstić information content (AvgIpc) is 2.38. The normalized spacial score (nSPS) is 22.5. The third-order valence-corrected chi connectivity index (χ3v) is 3.78. The first kappa shape index (κ1) is 12.4. The summed E-state index contributed by atoms with van der Waals surface area (Å²) >= 11 is 0. The van der Waals surface area contributed by atoms with E-state index < -0.39 is 0 Å². The van der Waals surface area contributed by atoms with Crippen LogP contribution in [0.1, 0.15) is 31.7 Å². The van der Waals surface area contributed by atoms with Gasteiger partial charge in [0, 0.05) is 24.8 Å². The highest BCUT2D eigenvalue weighted by molar-refractivity contribution is 5.42. The molecule has 0 amide bonds. The highest BCUT2D eigenvalue weighted by atomic mass is 15.2. The second kappa shape index (κ2) is 5.50. The van der Waals surface area contributed by atoms with E-state index >= 15 is 0 Å². The van der Waals surface area contributed by atoms with Crippen LogP contribution in [0.2, 0.25) is 0 Å². The van der Waals surface area contributed by atoms with E-state index in [4.69, 9.17) is 0 Å². The van der Waals surface area contributed by atoms with Crippen LogP contribution in [-0.2, 0) is 0 Å². The molecule has 2 atom stereocenters. The molecule has 0 aliphatic carbocycles. The van der Waals surface area contributed by atoms with Gasteiger partial charge in [-0.25, -0.2) is 4.98 Å². The van der Waals surface area contributed by atoms with Crippen molar-refractivity contribution in [2.75, 3.05) is 18.5 Å². The first-order valence-electron chi connectivity index (χ1n) is 6.59. The highest BCUT2D eigenvalue weighted by Crippen LogP contribution is 2.25. The van der Waals surface area contributed by atoms with Gasteiger partial charge in [0.15, 0.2) is 0 Å². The van der Waals surface area contributed by atoms with Crippen molar-refractivity contribution in [3.05, 3.63) is 23.9 Å². The van der Waals surface area contributed by atoms with E-state index in [1.54, 1.807) is 0 Å². The summed E-state index contributed by atoms with van der Waals surface area (Å²) in [6.45, 7) is 5.53. The Balaban J connectivity index is 2.21. The van der Waals surface area contributed by atoms with Gasteiger partial charge in [0.1, 0.15) is 5.82 Å². The lowest BCUT2D eigenvalue weighted by Gasteiger charge is -2.40. The zero-order valence-electron chi connectivity index (χ0n) is 11.1. The summed E-state index contributed by atoms with van der Waals surface area (Å²) in [5, 5.41) is 3.38. The van der Waals surface area contributed by atoms with Crippen molar-refractivity contribution < 1.29 is 0 Å². The molecule has 0 saturated carbocycles. The lowest BCUT2D eigenvalue weighted by Crippen LogP contribution is -2.50. The maximum Gasteiger partial charge on any atom is 0.129 e. The number of anilines is 1. The zero-order valence-corrected chi connectivity index (χ0v) is 11.1. The van der Waals surface area contributed by atoms with Crippen molar-refractivity contribution in [3.63, 3.8) is 0 Å². The predicted octanol–water partition coefficient (Wildman–Crippen LogP) is 2.36. The lowest BCUT2D eigenvalue weighted by molar-refractivity contribution is 0.380. The molecule has 1 fully saturated rings. The largest absolute Gasteiger partial charge is 0.352 e. The quantitative estimate of drug-likeness (QED) is 0.868. The van der Waals surface area contributed by atoms with Gasteiger partial charge in [0.2, 0.25) is 0 Å². The van der Waals surface area contributed by atoms with E-state index in [1.807, 2.05) is 13.2 Å². The first-order valence-corrected chi connectivity index (χ1v) is 6.59. The predicted molar refractivity (Wildman–Crippen MR) is 72.5 cm³/mol. The average molecular weight is 233 g/mol. The summed E-state index contributed by atoms with van der Waals surface area (Å²) in [6, 6.07) is 5.34. The number of aromatic nitrogens is 1. The molecule has 0 spiro atoms. The molecule has 1 aliphatic rings. The van der Waals surface area contributed by atoms with E-state index in [2.05, 4.69) is 41.2 Å². The van der Waals surface area contributed by atoms with E-state index in [1.165, 1.54) is 24.8 Å². The van der Waals surface area contributed by atoms with Crippen molar-refractivity contribution in [1.29, 1.82) is 0 Å². The Morgan fingerprint density at radius 1 is 1.47 bits per heavy atom. The Labute approximate surface area is 104 Å². The third-order valence-electron chi connectivity index (χ3n) is 3.78. The molecule has 1 aliphatic heterocycles. The minimum Gasteiger partial charge on any atom is -0.352 e. The highest BCUT2D eigenvalue weighted by Gasteiger charge is 2.27. The fraction of sp³-hybridized carbons (Fsp3) is 0.643. The molecule has 17 heavy (non-hydrogen) atoms. The molecule has 0 radical (unpaired) electrons. The van der Waals surface area contributed by atoms with E-state index in [0.717, 1.165) is 12.4 Å². The van der Waals surface area contributed by atoms with Crippen molar-refractivity contribution in [2.24, 2.45) is 0 Å². The van der Waals surface area contributed by atoms with Gasteiger partial charge in [-0.15, -0.1) is 0 Å². The van der Waals surface area contributed by atoms with Crippen molar-refractivity contribution in [1.82, 2.24) is 10.3 Å². The van der Waals surface area contributed by atoms with E-state index in [0.29, 0.717) is 12.1 Å². The van der Waals surface area contributed by atoms with E-state index in [-0.39, 0.29) is 0 Å². The van der Waals surface area contributed by atoms with Crippen LogP contribution in [0.15, 0.2) is 18.3 Å². The van der Waals surface area contributed by atoms with Crippen LogP contribution in [0.5, 0.6) is 0 Å². The number of pyridine rings is 1. The Morgan fingerprint density at radius 2 is 2.29 bits per heavy atom. The fourth-order valence-corrected chi connectivity index (χ4v) is 2.63. The van der Waals surface area contributed by atoms with Crippen LogP contribution in [0.4, 0.5) is 5.82 Å². The number of hydrogen-bond donors (Lipinski definition) is 1. The topological polar surface area (TPSA) is 28.2 Å². The number of nitrogens with one attached hydrogen (secondary N) is 1. The fourth-order valence-electron chi connectivity index (χ4n) is 2.63. The molecule has 2 heterocycles. The molecule has 3 heteroatoms. The molecular weight excluding hydrogens is 210 g/mol. The molecule has 0 aromatic carbocycles. The number of hydrogen-bond acceptors (Lipinski definition) is 3. The molecule has 1 N–H and O–H groups in total. The van der Waals surface area contributed by atoms with Gasteiger partial charge in [-0.2, -0.15) is 0 Å². The Kier molecular flexibility index (Phi) is 4.00. The number of aryl methyl sites for hydroxylation is 1. The van der Waals surface area contributed by atoms with Gasteiger partial charge < -0.3 is 10.2 Å². The van der Waals surface area contributed by atoms with Gasteiger partial charge in [0.25, 0.3) is 0 Å². The Morgan fingerprint density at radius 3 is 3.00 bits per heavy atom. The summed E-state index contributed by atoms with van der Waals surface area (Å²) in [4.78, 5) is 7.00. The minimum atomic E-state index is 0.512. The lowest BCUT2D eigenvalue weighted by atomic mass is 9.96. The van der Waals surface area contributed by atoms with Crippen molar-refractivity contribution in [3.8, 4) is 0 Å². The van der Waals surface area contributed by atoms with Crippen LogP contribution >= 0.6 is 0 Å². The summed E-state index contributed by atoms with van der Waals surface area (Å²) in [7, 11) is 2.04. The summed E-state index contributed by atoms with van der Waals surface area (Å²) in [6.07, 6.45) is 5.79. The monoisotopic (exact) mass is 233 g/mol. The maximum absolute atomic E-state index is 4.53. The number of nitrogens with zero attached hydrogens (tertiary/aromatic N) is 2. The second-order valence-electron chi connectivity index (χ2n) is 5.03. The van der Waals surface area contributed by atoms with Gasteiger partial charge in [-0.3, -0.25) is 0 Å². The van der Waals surface area contributed by atoms with E-state index in [9.17, 15) is 0 Å². The standard InChI is InChI=1S/C14H23N3/c1-11-7-8-16-14(10-11)17-9-5-4-6-13(17)12(2)15-3/h7-8,10,12-13,15H,4-6,9H2,1-3H3. The van der Waals surface area contributed by atoms with Crippen LogP contribution in [0, 0.1) is 6.92 Å². The molecule has 94 valence electrons. The Hall–Kier alpha value is -1.09. The van der Waals surface area contributed by atoms with Gasteiger partial charge >= 0.3 is 0 Å². The minimum absolute atomic E-state index is 0.512. The smallest absolute Gasteiger partial charge is 0.129 e. The molecule has 2 unspecified atom stereocenters. The van der Waals surface area contributed by atoms with Gasteiger partial charge in [-0.1, -0.05) is 0 Å². The SMILES string of the molecule is CNC(C)C1CCCCN1c1cc(C)ccn1. The molecule has 1 aromatic heterocycles. The van der Waals surface area contributed by atoms with Crippen LogP contribution in [0.25, 0.3) is 0 Å². The van der Waals surface area contributed by atoms with Gasteiger partial charge in [0.05, 0.1) is 0 Å². The number of likely N-dealkylation sites (N-methyl/N-ethyl adjacent to an activating group) is 1. The summed E-state index contributed by atoms with van der Waals surface area (Å²) in [5.74, 6) is 1.14. The molecule has 1 aromatic rings. The molecule has 3 nitrogen and oxygen atoms in total. The van der Waals surface area contributed by atoms with Crippen molar-refractivity contribution >= 4 is 5.82 Å². The summed E-state index contributed by atoms with van der Waals surface area (Å²) in [5.41, 5.74) is 1.29. The first-order chi connectivity index (χ1) is 8.22. The second-order valence-corrected chi connectivity index (χ2v) is 5.03. The van der Waals surface area contributed by atoms with Gasteiger partial charge in [-0.05, 0) is 57.9 Å².